The number of rotatable bonds is 6. The third-order valence-corrected chi connectivity index (χ3v) is 4.90. The summed E-state index contributed by atoms with van der Waals surface area (Å²) in [5.41, 5.74) is 2.55. The van der Waals surface area contributed by atoms with Gasteiger partial charge in [0.25, 0.3) is 5.91 Å². The van der Waals surface area contributed by atoms with Crippen LogP contribution in [-0.2, 0) is 13.6 Å². The van der Waals surface area contributed by atoms with Gasteiger partial charge in [-0.3, -0.25) is 14.5 Å². The number of nitrogens with zero attached hydrogens (tertiary/aromatic N) is 4. The molecule has 27 heavy (non-hydrogen) atoms. The van der Waals surface area contributed by atoms with Gasteiger partial charge in [-0.15, -0.1) is 0 Å². The highest BCUT2D eigenvalue weighted by Gasteiger charge is 2.26. The molecule has 2 heterocycles. The molecular weight excluding hydrogens is 364 g/mol. The normalized spacial score (nSPS) is 12.0. The van der Waals surface area contributed by atoms with Gasteiger partial charge < -0.3 is 10.0 Å². The fourth-order valence-corrected chi connectivity index (χ4v) is 3.03. The van der Waals surface area contributed by atoms with Gasteiger partial charge in [-0.1, -0.05) is 41.9 Å². The third kappa shape index (κ3) is 4.35. The zero-order chi connectivity index (χ0) is 19.4. The lowest BCUT2D eigenvalue weighted by molar-refractivity contribution is 0.0597. The number of aromatic nitrogens is 3. The summed E-state index contributed by atoms with van der Waals surface area (Å²) < 4.78 is 1.58. The minimum Gasteiger partial charge on any atom is -0.387 e. The van der Waals surface area contributed by atoms with Crippen LogP contribution in [0.3, 0.4) is 0 Å². The highest BCUT2D eigenvalue weighted by Crippen LogP contribution is 2.23. The number of hydrogen-bond acceptors (Lipinski definition) is 4. The van der Waals surface area contributed by atoms with Gasteiger partial charge in [0.05, 0.1) is 23.4 Å². The largest absolute Gasteiger partial charge is 0.387 e. The summed E-state index contributed by atoms with van der Waals surface area (Å²) in [7, 11) is 1.74. The zero-order valence-electron chi connectivity index (χ0n) is 15.2. The number of benzene rings is 1. The minimum atomic E-state index is -0.819. The molecule has 0 aliphatic heterocycles. The molecule has 0 unspecified atom stereocenters. The molecule has 1 N–H and O–H groups in total. The molecule has 3 aromatic rings. The fourth-order valence-electron chi connectivity index (χ4n) is 2.79. The van der Waals surface area contributed by atoms with E-state index in [9.17, 15) is 9.90 Å². The molecule has 1 atom stereocenters. The number of hydrogen-bond donors (Lipinski definition) is 1. The molecule has 0 spiro atoms. The first-order valence-electron chi connectivity index (χ1n) is 8.57. The average molecular weight is 385 g/mol. The van der Waals surface area contributed by atoms with Crippen molar-refractivity contribution in [2.45, 2.75) is 19.6 Å². The summed E-state index contributed by atoms with van der Waals surface area (Å²) in [6, 6.07) is 12.9. The van der Waals surface area contributed by atoms with E-state index in [1.807, 2.05) is 42.5 Å². The van der Waals surface area contributed by atoms with Crippen LogP contribution in [0.5, 0.6) is 0 Å². The number of amides is 1. The molecule has 0 radical (unpaired) electrons. The molecular formula is C20H21ClN4O2. The van der Waals surface area contributed by atoms with Crippen molar-refractivity contribution >= 4 is 17.5 Å². The number of halogens is 1. The van der Waals surface area contributed by atoms with E-state index < -0.39 is 6.10 Å². The lowest BCUT2D eigenvalue weighted by atomic mass is 10.1. The Morgan fingerprint density at radius 2 is 1.89 bits per heavy atom. The molecule has 2 aromatic heterocycles. The summed E-state index contributed by atoms with van der Waals surface area (Å²) in [4.78, 5) is 18.7. The summed E-state index contributed by atoms with van der Waals surface area (Å²) >= 11 is 6.31. The summed E-state index contributed by atoms with van der Waals surface area (Å²) in [6.07, 6.45) is 2.52. The van der Waals surface area contributed by atoms with Crippen LogP contribution in [0, 0.1) is 6.92 Å². The Balaban J connectivity index is 1.89. The van der Waals surface area contributed by atoms with Crippen LogP contribution in [0.4, 0.5) is 0 Å². The lowest BCUT2D eigenvalue weighted by Gasteiger charge is -2.25. The standard InChI is InChI=1S/C20H21ClN4O2/c1-14-18(21)19(23-24(14)2)20(27)25(12-15-8-10-22-11-9-15)13-17(26)16-6-4-3-5-7-16/h3-11,17,26H,12-13H2,1-2H3/t17-/m1/s1. The molecule has 140 valence electrons. The van der Waals surface area contributed by atoms with E-state index in [4.69, 9.17) is 11.6 Å². The number of carbonyl (C=O) groups is 1. The van der Waals surface area contributed by atoms with E-state index in [0.717, 1.165) is 11.1 Å². The minimum absolute atomic E-state index is 0.122. The molecule has 0 saturated heterocycles. The maximum Gasteiger partial charge on any atom is 0.276 e. The number of aryl methyl sites for hydroxylation is 1. The van der Waals surface area contributed by atoms with Gasteiger partial charge in [-0.2, -0.15) is 5.10 Å². The van der Waals surface area contributed by atoms with Crippen LogP contribution in [0.15, 0.2) is 54.9 Å². The van der Waals surface area contributed by atoms with Crippen molar-refractivity contribution in [3.63, 3.8) is 0 Å². The van der Waals surface area contributed by atoms with Gasteiger partial charge in [-0.25, -0.2) is 0 Å². The molecule has 1 amide bonds. The predicted molar refractivity (Wildman–Crippen MR) is 103 cm³/mol. The molecule has 3 rings (SSSR count). The number of aliphatic hydroxyl groups is 1. The number of carbonyl (C=O) groups excluding carboxylic acids is 1. The Bertz CT molecular complexity index is 912. The smallest absolute Gasteiger partial charge is 0.276 e. The van der Waals surface area contributed by atoms with E-state index >= 15 is 0 Å². The van der Waals surface area contributed by atoms with Crippen LogP contribution in [0.2, 0.25) is 5.02 Å². The van der Waals surface area contributed by atoms with Crippen molar-refractivity contribution in [3.05, 3.63) is 82.4 Å². The van der Waals surface area contributed by atoms with Gasteiger partial charge in [0.2, 0.25) is 0 Å². The van der Waals surface area contributed by atoms with Crippen molar-refractivity contribution in [2.75, 3.05) is 6.54 Å². The Hall–Kier alpha value is -2.70. The van der Waals surface area contributed by atoms with E-state index in [1.54, 1.807) is 35.9 Å². The summed E-state index contributed by atoms with van der Waals surface area (Å²) in [5, 5.41) is 15.2. The van der Waals surface area contributed by atoms with E-state index in [1.165, 1.54) is 0 Å². The Labute approximate surface area is 163 Å². The van der Waals surface area contributed by atoms with Crippen LogP contribution < -0.4 is 0 Å². The van der Waals surface area contributed by atoms with Crippen LogP contribution in [0.25, 0.3) is 0 Å². The van der Waals surface area contributed by atoms with E-state index in [-0.39, 0.29) is 18.1 Å². The molecule has 0 bridgehead atoms. The molecule has 0 fully saturated rings. The monoisotopic (exact) mass is 384 g/mol. The van der Waals surface area contributed by atoms with Crippen LogP contribution >= 0.6 is 11.6 Å². The highest BCUT2D eigenvalue weighted by atomic mass is 35.5. The van der Waals surface area contributed by atoms with E-state index in [2.05, 4.69) is 10.1 Å². The first-order chi connectivity index (χ1) is 13.0. The first-order valence-corrected chi connectivity index (χ1v) is 8.95. The molecule has 0 saturated carbocycles. The van der Waals surface area contributed by atoms with Crippen molar-refractivity contribution < 1.29 is 9.90 Å². The predicted octanol–water partition coefficient (Wildman–Crippen LogP) is 3.15. The molecule has 6 nitrogen and oxygen atoms in total. The van der Waals surface area contributed by atoms with Crippen molar-refractivity contribution in [1.82, 2.24) is 19.7 Å². The third-order valence-electron chi connectivity index (χ3n) is 4.45. The van der Waals surface area contributed by atoms with E-state index in [0.29, 0.717) is 17.3 Å². The highest BCUT2D eigenvalue weighted by molar-refractivity contribution is 6.34. The maximum atomic E-state index is 13.1. The molecule has 7 heteroatoms. The molecule has 1 aromatic carbocycles. The Morgan fingerprint density at radius 3 is 2.48 bits per heavy atom. The van der Waals surface area contributed by atoms with Gasteiger partial charge in [0, 0.05) is 26.0 Å². The van der Waals surface area contributed by atoms with Crippen LogP contribution in [0.1, 0.15) is 33.4 Å². The summed E-state index contributed by atoms with van der Waals surface area (Å²) in [6.45, 7) is 2.24. The average Bonchev–Trinajstić information content (AvgIpc) is 2.95. The number of pyridine rings is 1. The lowest BCUT2D eigenvalue weighted by Crippen LogP contribution is -2.35. The van der Waals surface area contributed by atoms with Crippen molar-refractivity contribution in [3.8, 4) is 0 Å². The van der Waals surface area contributed by atoms with Crippen LogP contribution in [-0.4, -0.2) is 37.2 Å². The van der Waals surface area contributed by atoms with Gasteiger partial charge >= 0.3 is 0 Å². The second-order valence-electron chi connectivity index (χ2n) is 6.34. The second-order valence-corrected chi connectivity index (χ2v) is 6.72. The fraction of sp³-hybridized carbons (Fsp3) is 0.250. The molecule has 0 aliphatic rings. The van der Waals surface area contributed by atoms with Gasteiger partial charge in [0.1, 0.15) is 0 Å². The molecule has 0 aliphatic carbocycles. The SMILES string of the molecule is Cc1c(Cl)c(C(=O)N(Cc2ccncc2)C[C@@H](O)c2ccccc2)nn1C. The maximum absolute atomic E-state index is 13.1. The quantitative estimate of drug-likeness (QED) is 0.708. The Kier molecular flexibility index (Phi) is 5.88. The number of aliphatic hydroxyl groups excluding tert-OH is 1. The first kappa shape index (κ1) is 19.1. The van der Waals surface area contributed by atoms with Crippen molar-refractivity contribution in [1.29, 1.82) is 0 Å². The Morgan fingerprint density at radius 1 is 1.22 bits per heavy atom. The topological polar surface area (TPSA) is 71.2 Å². The zero-order valence-corrected chi connectivity index (χ0v) is 16.0. The second kappa shape index (κ2) is 8.33. The summed E-state index contributed by atoms with van der Waals surface area (Å²) in [5.74, 6) is -0.324. The van der Waals surface area contributed by atoms with Gasteiger partial charge in [-0.05, 0) is 30.2 Å². The van der Waals surface area contributed by atoms with Crippen molar-refractivity contribution in [2.24, 2.45) is 7.05 Å². The van der Waals surface area contributed by atoms with Gasteiger partial charge in [0.15, 0.2) is 5.69 Å².